The van der Waals surface area contributed by atoms with Crippen molar-refractivity contribution in [2.75, 3.05) is 27.9 Å². The molecule has 1 aromatic rings. The first kappa shape index (κ1) is 14.8. The first-order chi connectivity index (χ1) is 8.71. The van der Waals surface area contributed by atoms with Crippen LogP contribution in [-0.2, 0) is 11.3 Å². The van der Waals surface area contributed by atoms with Crippen molar-refractivity contribution in [3.8, 4) is 11.5 Å². The smallest absolute Gasteiger partial charge is 0.127 e. The fraction of sp³-hybridized carbons (Fsp3) is 0.571. The summed E-state index contributed by atoms with van der Waals surface area (Å²) in [5.74, 6) is 1.68. The molecule has 1 rings (SSSR count). The standard InChI is InChI=1S/C14H23NO3/c1-11(7-8-16-3)18-14-9-13(17-4)6-5-12(14)10-15-2/h5-6,9,11,15H,7-8,10H2,1-4H3. The molecule has 0 aliphatic carbocycles. The van der Waals surface area contributed by atoms with Gasteiger partial charge in [-0.25, -0.2) is 0 Å². The summed E-state index contributed by atoms with van der Waals surface area (Å²) in [6.45, 7) is 3.52. The van der Waals surface area contributed by atoms with Crippen molar-refractivity contribution in [3.63, 3.8) is 0 Å². The lowest BCUT2D eigenvalue weighted by atomic mass is 10.2. The van der Waals surface area contributed by atoms with Crippen LogP contribution in [0.25, 0.3) is 0 Å². The maximum atomic E-state index is 5.94. The molecule has 0 fully saturated rings. The zero-order valence-electron chi connectivity index (χ0n) is 11.7. The molecule has 0 saturated carbocycles. The fourth-order valence-electron chi connectivity index (χ4n) is 1.67. The van der Waals surface area contributed by atoms with Crippen molar-refractivity contribution in [2.24, 2.45) is 0 Å². The number of hydrogen-bond donors (Lipinski definition) is 1. The van der Waals surface area contributed by atoms with Crippen molar-refractivity contribution in [1.82, 2.24) is 5.32 Å². The molecule has 4 heteroatoms. The highest BCUT2D eigenvalue weighted by atomic mass is 16.5. The van der Waals surface area contributed by atoms with Gasteiger partial charge in [-0.3, -0.25) is 0 Å². The molecule has 0 saturated heterocycles. The van der Waals surface area contributed by atoms with E-state index in [4.69, 9.17) is 14.2 Å². The van der Waals surface area contributed by atoms with Crippen molar-refractivity contribution in [3.05, 3.63) is 23.8 Å². The Morgan fingerprint density at radius 2 is 2.06 bits per heavy atom. The van der Waals surface area contributed by atoms with E-state index in [1.54, 1.807) is 14.2 Å². The van der Waals surface area contributed by atoms with E-state index in [1.165, 1.54) is 0 Å². The summed E-state index contributed by atoms with van der Waals surface area (Å²) in [5, 5.41) is 3.13. The van der Waals surface area contributed by atoms with Crippen LogP contribution in [0.3, 0.4) is 0 Å². The van der Waals surface area contributed by atoms with Gasteiger partial charge in [-0.05, 0) is 20.0 Å². The molecule has 0 radical (unpaired) electrons. The molecule has 1 atom stereocenters. The van der Waals surface area contributed by atoms with Crippen LogP contribution in [0.4, 0.5) is 0 Å². The topological polar surface area (TPSA) is 39.7 Å². The second kappa shape index (κ2) is 7.95. The van der Waals surface area contributed by atoms with Gasteiger partial charge < -0.3 is 19.5 Å². The Kier molecular flexibility index (Phi) is 6.54. The summed E-state index contributed by atoms with van der Waals surface area (Å²) in [7, 11) is 5.28. The van der Waals surface area contributed by atoms with E-state index < -0.39 is 0 Å². The van der Waals surface area contributed by atoms with E-state index in [9.17, 15) is 0 Å². The van der Waals surface area contributed by atoms with Gasteiger partial charge in [-0.1, -0.05) is 6.07 Å². The second-order valence-electron chi connectivity index (χ2n) is 4.21. The van der Waals surface area contributed by atoms with Gasteiger partial charge in [0, 0.05) is 38.3 Å². The lowest BCUT2D eigenvalue weighted by molar-refractivity contribution is 0.134. The summed E-state index contributed by atoms with van der Waals surface area (Å²) in [5.41, 5.74) is 1.13. The SMILES string of the molecule is CNCc1ccc(OC)cc1OC(C)CCOC. The van der Waals surface area contributed by atoms with E-state index in [0.29, 0.717) is 6.61 Å². The summed E-state index contributed by atoms with van der Waals surface area (Å²) in [6, 6.07) is 5.89. The average molecular weight is 253 g/mol. The van der Waals surface area contributed by atoms with Crippen LogP contribution in [0, 0.1) is 0 Å². The highest BCUT2D eigenvalue weighted by Crippen LogP contribution is 2.26. The highest BCUT2D eigenvalue weighted by Gasteiger charge is 2.09. The van der Waals surface area contributed by atoms with E-state index in [2.05, 4.69) is 5.32 Å². The molecule has 1 aromatic carbocycles. The number of methoxy groups -OCH3 is 2. The largest absolute Gasteiger partial charge is 0.497 e. The van der Waals surface area contributed by atoms with Gasteiger partial charge in [0.1, 0.15) is 11.5 Å². The minimum Gasteiger partial charge on any atom is -0.497 e. The maximum Gasteiger partial charge on any atom is 0.127 e. The highest BCUT2D eigenvalue weighted by molar-refractivity contribution is 5.40. The van der Waals surface area contributed by atoms with Crippen LogP contribution in [0.5, 0.6) is 11.5 Å². The van der Waals surface area contributed by atoms with Crippen molar-refractivity contribution >= 4 is 0 Å². The van der Waals surface area contributed by atoms with Crippen LogP contribution in [-0.4, -0.2) is 34.0 Å². The molecule has 18 heavy (non-hydrogen) atoms. The summed E-state index contributed by atoms with van der Waals surface area (Å²) in [6.07, 6.45) is 0.986. The number of hydrogen-bond acceptors (Lipinski definition) is 4. The molecule has 0 aliphatic heterocycles. The third-order valence-corrected chi connectivity index (χ3v) is 2.70. The molecule has 0 aliphatic rings. The Hall–Kier alpha value is -1.26. The Morgan fingerprint density at radius 1 is 1.28 bits per heavy atom. The number of benzene rings is 1. The summed E-state index contributed by atoms with van der Waals surface area (Å²) in [4.78, 5) is 0. The predicted molar refractivity (Wildman–Crippen MR) is 72.3 cm³/mol. The van der Waals surface area contributed by atoms with Gasteiger partial charge in [0.2, 0.25) is 0 Å². The van der Waals surface area contributed by atoms with Gasteiger partial charge in [0.15, 0.2) is 0 Å². The van der Waals surface area contributed by atoms with Gasteiger partial charge in [0.25, 0.3) is 0 Å². The van der Waals surface area contributed by atoms with Crippen LogP contribution < -0.4 is 14.8 Å². The molecule has 4 nitrogen and oxygen atoms in total. The zero-order chi connectivity index (χ0) is 13.4. The third-order valence-electron chi connectivity index (χ3n) is 2.70. The van der Waals surface area contributed by atoms with Crippen LogP contribution in [0.1, 0.15) is 18.9 Å². The lowest BCUT2D eigenvalue weighted by Gasteiger charge is -2.18. The lowest BCUT2D eigenvalue weighted by Crippen LogP contribution is -2.16. The zero-order valence-corrected chi connectivity index (χ0v) is 11.7. The minimum atomic E-state index is 0.118. The monoisotopic (exact) mass is 253 g/mol. The number of nitrogens with one attached hydrogen (secondary N) is 1. The molecule has 102 valence electrons. The molecule has 0 aromatic heterocycles. The molecule has 0 amide bonds. The number of ether oxygens (including phenoxy) is 3. The van der Waals surface area contributed by atoms with Crippen molar-refractivity contribution < 1.29 is 14.2 Å². The second-order valence-corrected chi connectivity index (χ2v) is 4.21. The van der Waals surface area contributed by atoms with Crippen molar-refractivity contribution in [1.29, 1.82) is 0 Å². The van der Waals surface area contributed by atoms with Crippen LogP contribution in [0.2, 0.25) is 0 Å². The maximum absolute atomic E-state index is 5.94. The molecule has 1 N–H and O–H groups in total. The molecule has 0 spiro atoms. The number of rotatable bonds is 8. The van der Waals surface area contributed by atoms with Gasteiger partial charge >= 0.3 is 0 Å². The normalized spacial score (nSPS) is 12.2. The molecule has 0 heterocycles. The minimum absolute atomic E-state index is 0.118. The van der Waals surface area contributed by atoms with Crippen LogP contribution in [0.15, 0.2) is 18.2 Å². The fourth-order valence-corrected chi connectivity index (χ4v) is 1.67. The first-order valence-corrected chi connectivity index (χ1v) is 6.18. The molecular weight excluding hydrogens is 230 g/mol. The summed E-state index contributed by atoms with van der Waals surface area (Å²) < 4.78 is 16.2. The Bertz CT molecular complexity index is 355. The quantitative estimate of drug-likeness (QED) is 0.771. The van der Waals surface area contributed by atoms with Gasteiger partial charge in [-0.15, -0.1) is 0 Å². The van der Waals surface area contributed by atoms with E-state index >= 15 is 0 Å². The molecule has 1 unspecified atom stereocenters. The first-order valence-electron chi connectivity index (χ1n) is 6.18. The average Bonchev–Trinajstić information content (AvgIpc) is 2.38. The van der Waals surface area contributed by atoms with E-state index in [-0.39, 0.29) is 6.10 Å². The summed E-state index contributed by atoms with van der Waals surface area (Å²) >= 11 is 0. The Balaban J connectivity index is 2.76. The van der Waals surface area contributed by atoms with Crippen molar-refractivity contribution in [2.45, 2.75) is 26.0 Å². The van der Waals surface area contributed by atoms with E-state index in [1.807, 2.05) is 32.2 Å². The third kappa shape index (κ3) is 4.55. The van der Waals surface area contributed by atoms with Crippen LogP contribution >= 0.6 is 0 Å². The molecular formula is C14H23NO3. The molecule has 0 bridgehead atoms. The predicted octanol–water partition coefficient (Wildman–Crippen LogP) is 2.22. The van der Waals surface area contributed by atoms with E-state index in [0.717, 1.165) is 30.0 Å². The van der Waals surface area contributed by atoms with Gasteiger partial charge in [0.05, 0.1) is 13.2 Å². The van der Waals surface area contributed by atoms with Gasteiger partial charge in [-0.2, -0.15) is 0 Å². The Labute approximate surface area is 109 Å². The Morgan fingerprint density at radius 3 is 2.67 bits per heavy atom.